The standard InChI is InChI=1S/C24H25N5O3S/c1-15(2)12-13-28-22(32)18-9-5-7-11-20(18)29-23(28)26-27-24(29)33-14-21(31)25-19-10-6-4-8-17(19)16(3)30/h4-11,15H,12-14H2,1-3H3,(H,25,31). The van der Waals surface area contributed by atoms with Crippen molar-refractivity contribution in [1.82, 2.24) is 19.2 Å². The number of hydrogen-bond acceptors (Lipinski definition) is 6. The summed E-state index contributed by atoms with van der Waals surface area (Å²) in [4.78, 5) is 37.5. The summed E-state index contributed by atoms with van der Waals surface area (Å²) in [5.74, 6) is 0.591. The number of thioether (sulfide) groups is 1. The Morgan fingerprint density at radius 3 is 2.55 bits per heavy atom. The minimum Gasteiger partial charge on any atom is -0.325 e. The summed E-state index contributed by atoms with van der Waals surface area (Å²) in [5.41, 5.74) is 1.55. The number of amides is 1. The maximum absolute atomic E-state index is 13.1. The number of nitrogens with one attached hydrogen (secondary N) is 1. The van der Waals surface area contributed by atoms with E-state index in [1.54, 1.807) is 34.9 Å². The van der Waals surface area contributed by atoms with Gasteiger partial charge in [-0.2, -0.15) is 0 Å². The fourth-order valence-corrected chi connectivity index (χ4v) is 4.37. The molecule has 2 heterocycles. The van der Waals surface area contributed by atoms with Crippen molar-refractivity contribution < 1.29 is 9.59 Å². The van der Waals surface area contributed by atoms with E-state index in [-0.39, 0.29) is 23.0 Å². The van der Waals surface area contributed by atoms with Crippen molar-refractivity contribution >= 4 is 45.8 Å². The lowest BCUT2D eigenvalue weighted by atomic mass is 10.1. The Balaban J connectivity index is 1.65. The van der Waals surface area contributed by atoms with Crippen molar-refractivity contribution in [2.24, 2.45) is 5.92 Å². The number of anilines is 1. The first-order chi connectivity index (χ1) is 15.9. The van der Waals surface area contributed by atoms with E-state index >= 15 is 0 Å². The van der Waals surface area contributed by atoms with Gasteiger partial charge in [0, 0.05) is 12.1 Å². The molecule has 0 aliphatic rings. The zero-order valence-electron chi connectivity index (χ0n) is 18.7. The molecule has 0 fully saturated rings. The van der Waals surface area contributed by atoms with Crippen LogP contribution in [0.2, 0.25) is 0 Å². The smallest absolute Gasteiger partial charge is 0.262 e. The highest BCUT2D eigenvalue weighted by Crippen LogP contribution is 2.23. The number of para-hydroxylation sites is 2. The second-order valence-corrected chi connectivity index (χ2v) is 9.16. The molecule has 0 radical (unpaired) electrons. The normalized spacial score (nSPS) is 11.4. The van der Waals surface area contributed by atoms with Gasteiger partial charge in [0.05, 0.1) is 22.3 Å². The monoisotopic (exact) mass is 463 g/mol. The summed E-state index contributed by atoms with van der Waals surface area (Å²) < 4.78 is 3.49. The molecule has 0 aliphatic carbocycles. The third-order valence-corrected chi connectivity index (χ3v) is 6.25. The third-order valence-electron chi connectivity index (χ3n) is 5.32. The van der Waals surface area contributed by atoms with Crippen molar-refractivity contribution in [1.29, 1.82) is 0 Å². The van der Waals surface area contributed by atoms with E-state index in [4.69, 9.17) is 0 Å². The van der Waals surface area contributed by atoms with Gasteiger partial charge in [-0.1, -0.05) is 49.9 Å². The SMILES string of the molecule is CC(=O)c1ccccc1NC(=O)CSc1nnc2n(CCC(C)C)c(=O)c3ccccc3n12. The molecular formula is C24H25N5O3S. The van der Waals surface area contributed by atoms with Crippen molar-refractivity contribution in [3.63, 3.8) is 0 Å². The molecule has 170 valence electrons. The van der Waals surface area contributed by atoms with Crippen molar-refractivity contribution in [3.8, 4) is 0 Å². The average Bonchev–Trinajstić information content (AvgIpc) is 3.21. The van der Waals surface area contributed by atoms with Crippen molar-refractivity contribution in [3.05, 3.63) is 64.4 Å². The van der Waals surface area contributed by atoms with Gasteiger partial charge in [0.15, 0.2) is 10.9 Å². The molecule has 0 bridgehead atoms. The molecule has 2 aromatic carbocycles. The molecule has 0 saturated heterocycles. The molecule has 2 aromatic heterocycles. The molecule has 8 nitrogen and oxygen atoms in total. The number of aromatic nitrogens is 4. The van der Waals surface area contributed by atoms with E-state index in [0.29, 0.717) is 45.6 Å². The summed E-state index contributed by atoms with van der Waals surface area (Å²) in [6.07, 6.45) is 0.835. The second-order valence-electron chi connectivity index (χ2n) is 8.21. The molecular weight excluding hydrogens is 438 g/mol. The number of fused-ring (bicyclic) bond motifs is 3. The van der Waals surface area contributed by atoms with Gasteiger partial charge in [-0.15, -0.1) is 10.2 Å². The van der Waals surface area contributed by atoms with Crippen LogP contribution in [0.25, 0.3) is 16.7 Å². The topological polar surface area (TPSA) is 98.4 Å². The lowest BCUT2D eigenvalue weighted by molar-refractivity contribution is -0.113. The molecule has 4 aromatic rings. The highest BCUT2D eigenvalue weighted by atomic mass is 32.2. The lowest BCUT2D eigenvalue weighted by Crippen LogP contribution is -2.24. The Morgan fingerprint density at radius 1 is 1.06 bits per heavy atom. The summed E-state index contributed by atoms with van der Waals surface area (Å²) in [6.45, 7) is 6.22. The first kappa shape index (κ1) is 22.7. The first-order valence-electron chi connectivity index (χ1n) is 10.8. The van der Waals surface area contributed by atoms with Crippen LogP contribution in [-0.4, -0.2) is 36.6 Å². The number of carbonyl (C=O) groups is 2. The second kappa shape index (κ2) is 9.58. The Bertz CT molecular complexity index is 1410. The number of hydrogen-bond donors (Lipinski definition) is 1. The van der Waals surface area contributed by atoms with Crippen LogP contribution in [0.3, 0.4) is 0 Å². The molecule has 0 aliphatic heterocycles. The van der Waals surface area contributed by atoms with Crippen LogP contribution < -0.4 is 10.9 Å². The number of ketones is 1. The van der Waals surface area contributed by atoms with E-state index in [2.05, 4.69) is 29.4 Å². The van der Waals surface area contributed by atoms with E-state index in [1.807, 2.05) is 22.6 Å². The Labute approximate surface area is 195 Å². The fourth-order valence-electron chi connectivity index (χ4n) is 3.63. The third kappa shape index (κ3) is 4.68. The predicted molar refractivity (Wildman–Crippen MR) is 130 cm³/mol. The van der Waals surface area contributed by atoms with Gasteiger partial charge in [0.1, 0.15) is 0 Å². The minimum atomic E-state index is -0.261. The number of Topliss-reactive ketones (excluding diaryl/α,β-unsaturated/α-hetero) is 1. The van der Waals surface area contributed by atoms with Gasteiger partial charge >= 0.3 is 0 Å². The lowest BCUT2D eigenvalue weighted by Gasteiger charge is -2.12. The van der Waals surface area contributed by atoms with Crippen molar-refractivity contribution in [2.45, 2.75) is 38.9 Å². The molecule has 9 heteroatoms. The van der Waals surface area contributed by atoms with E-state index in [0.717, 1.165) is 6.42 Å². The van der Waals surface area contributed by atoms with Gasteiger partial charge in [0.2, 0.25) is 11.7 Å². The average molecular weight is 464 g/mol. The number of aryl methyl sites for hydroxylation is 1. The highest BCUT2D eigenvalue weighted by Gasteiger charge is 2.18. The summed E-state index contributed by atoms with van der Waals surface area (Å²) in [7, 11) is 0. The van der Waals surface area contributed by atoms with Crippen LogP contribution in [0.1, 0.15) is 37.6 Å². The molecule has 0 unspecified atom stereocenters. The van der Waals surface area contributed by atoms with Crippen molar-refractivity contribution in [2.75, 3.05) is 11.1 Å². The van der Waals surface area contributed by atoms with Gasteiger partial charge < -0.3 is 5.32 Å². The Kier molecular flexibility index (Phi) is 6.60. The van der Waals surface area contributed by atoms with E-state index in [9.17, 15) is 14.4 Å². The molecule has 0 spiro atoms. The van der Waals surface area contributed by atoms with Crippen LogP contribution in [0.4, 0.5) is 5.69 Å². The van der Waals surface area contributed by atoms with Gasteiger partial charge in [-0.25, -0.2) is 0 Å². The molecule has 4 rings (SSSR count). The zero-order chi connectivity index (χ0) is 23.5. The van der Waals surface area contributed by atoms with Crippen LogP contribution in [-0.2, 0) is 11.3 Å². The molecule has 0 atom stereocenters. The van der Waals surface area contributed by atoms with Crippen LogP contribution in [0, 0.1) is 5.92 Å². The Hall–Kier alpha value is -3.46. The van der Waals surface area contributed by atoms with Crippen LogP contribution >= 0.6 is 11.8 Å². The zero-order valence-corrected chi connectivity index (χ0v) is 19.6. The Morgan fingerprint density at radius 2 is 1.79 bits per heavy atom. The van der Waals surface area contributed by atoms with Crippen LogP contribution in [0.5, 0.6) is 0 Å². The maximum Gasteiger partial charge on any atom is 0.262 e. The summed E-state index contributed by atoms with van der Waals surface area (Å²) in [6, 6.07) is 14.2. The predicted octanol–water partition coefficient (Wildman–Crippen LogP) is 4.02. The molecule has 33 heavy (non-hydrogen) atoms. The van der Waals surface area contributed by atoms with E-state index in [1.165, 1.54) is 18.7 Å². The summed E-state index contributed by atoms with van der Waals surface area (Å²) >= 11 is 1.23. The number of nitrogens with zero attached hydrogens (tertiary/aromatic N) is 4. The molecule has 0 saturated carbocycles. The fraction of sp³-hybridized carbons (Fsp3) is 0.292. The van der Waals surface area contributed by atoms with Gasteiger partial charge in [0.25, 0.3) is 5.56 Å². The summed E-state index contributed by atoms with van der Waals surface area (Å²) in [5, 5.41) is 12.5. The number of carbonyl (C=O) groups excluding carboxylic acids is 2. The quantitative estimate of drug-likeness (QED) is 0.313. The largest absolute Gasteiger partial charge is 0.325 e. The van der Waals surface area contributed by atoms with Crippen LogP contribution in [0.15, 0.2) is 58.5 Å². The number of benzene rings is 2. The van der Waals surface area contributed by atoms with Gasteiger partial charge in [-0.3, -0.25) is 23.4 Å². The van der Waals surface area contributed by atoms with E-state index < -0.39 is 0 Å². The van der Waals surface area contributed by atoms with Gasteiger partial charge in [-0.05, 0) is 43.5 Å². The first-order valence-corrected chi connectivity index (χ1v) is 11.7. The highest BCUT2D eigenvalue weighted by molar-refractivity contribution is 7.99. The molecule has 1 amide bonds. The number of rotatable bonds is 8. The molecule has 1 N–H and O–H groups in total. The minimum absolute atomic E-state index is 0.0759. The maximum atomic E-state index is 13.1.